The number of nitrogens with two attached hydrogens (primary N) is 1. The van der Waals surface area contributed by atoms with E-state index in [0.29, 0.717) is 12.0 Å². The van der Waals surface area contributed by atoms with Gasteiger partial charge in [0.1, 0.15) is 0 Å². The average Bonchev–Trinajstić information content (AvgIpc) is 2.89. The van der Waals surface area contributed by atoms with Crippen molar-refractivity contribution in [1.29, 1.82) is 0 Å². The van der Waals surface area contributed by atoms with Gasteiger partial charge in [0.15, 0.2) is 5.78 Å². The van der Waals surface area contributed by atoms with E-state index in [4.69, 9.17) is 21.8 Å². The van der Waals surface area contributed by atoms with E-state index in [1.165, 1.54) is 6.07 Å². The molecule has 2 atom stereocenters. The predicted molar refractivity (Wildman–Crippen MR) is 85.2 cm³/mol. The zero-order valence-electron chi connectivity index (χ0n) is 12.4. The van der Waals surface area contributed by atoms with Gasteiger partial charge >= 0.3 is 5.97 Å². The van der Waals surface area contributed by atoms with E-state index < -0.39 is 21.8 Å². The van der Waals surface area contributed by atoms with Crippen LogP contribution in [0.5, 0.6) is 0 Å². The molecule has 3 N–H and O–H groups in total. The molecule has 0 bridgehead atoms. The van der Waals surface area contributed by atoms with Crippen molar-refractivity contribution in [3.05, 3.63) is 29.3 Å². The van der Waals surface area contributed by atoms with Crippen molar-refractivity contribution >= 4 is 33.4 Å². The summed E-state index contributed by atoms with van der Waals surface area (Å²) in [6.45, 7) is 0. The molecule has 0 aromatic heterocycles. The van der Waals surface area contributed by atoms with Crippen molar-refractivity contribution in [2.45, 2.75) is 48.3 Å². The van der Waals surface area contributed by atoms with E-state index in [0.717, 1.165) is 12.8 Å². The molecule has 8 heteroatoms. The van der Waals surface area contributed by atoms with Crippen LogP contribution in [0.15, 0.2) is 23.1 Å². The van der Waals surface area contributed by atoms with Crippen molar-refractivity contribution in [1.82, 2.24) is 0 Å². The summed E-state index contributed by atoms with van der Waals surface area (Å²) in [5, 5.41) is 14.0. The lowest BCUT2D eigenvalue weighted by atomic mass is 9.94. The second kappa shape index (κ2) is 6.98. The molecule has 0 spiro atoms. The molecular formula is C15H18ClNO5S. The van der Waals surface area contributed by atoms with Crippen molar-refractivity contribution in [3.8, 4) is 0 Å². The summed E-state index contributed by atoms with van der Waals surface area (Å²) < 4.78 is 24.1. The molecule has 0 radical (unpaired) electrons. The minimum absolute atomic E-state index is 0.0281. The molecular weight excluding hydrogens is 342 g/mol. The predicted octanol–water partition coefficient (Wildman–Crippen LogP) is 2.26. The molecule has 23 heavy (non-hydrogen) atoms. The van der Waals surface area contributed by atoms with Gasteiger partial charge in [0.05, 0.1) is 11.3 Å². The number of rotatable bonds is 6. The number of carboxylic acids is 1. The second-order valence-electron chi connectivity index (χ2n) is 5.69. The summed E-state index contributed by atoms with van der Waals surface area (Å²) in [7, 11) is -4.11. The third-order valence-electron chi connectivity index (χ3n) is 4.00. The Bertz CT molecular complexity index is 731. The lowest BCUT2D eigenvalue weighted by Crippen LogP contribution is -2.20. The fourth-order valence-electron chi connectivity index (χ4n) is 2.98. The number of benzene rings is 1. The lowest BCUT2D eigenvalue weighted by molar-refractivity contribution is -0.136. The fourth-order valence-corrected chi connectivity index (χ4v) is 4.37. The number of carbonyl (C=O) groups excluding carboxylic acids is 1. The van der Waals surface area contributed by atoms with E-state index in [1.807, 2.05) is 0 Å². The van der Waals surface area contributed by atoms with E-state index in [-0.39, 0.29) is 34.6 Å². The summed E-state index contributed by atoms with van der Waals surface area (Å²) >= 11 is 6.10. The van der Waals surface area contributed by atoms with Crippen molar-refractivity contribution in [2.24, 2.45) is 5.14 Å². The quantitative estimate of drug-likeness (QED) is 0.597. The topological polar surface area (TPSA) is 115 Å². The Labute approximate surface area is 139 Å². The van der Waals surface area contributed by atoms with E-state index in [9.17, 15) is 18.0 Å². The average molecular weight is 360 g/mol. The van der Waals surface area contributed by atoms with Crippen LogP contribution < -0.4 is 5.14 Å². The summed E-state index contributed by atoms with van der Waals surface area (Å²) in [6.07, 6.45) is 1.48. The summed E-state index contributed by atoms with van der Waals surface area (Å²) in [4.78, 5) is 22.7. The fraction of sp³-hybridized carbons (Fsp3) is 0.467. The summed E-state index contributed by atoms with van der Waals surface area (Å²) in [6, 6.07) is 4.62. The maximum atomic E-state index is 12.2. The minimum Gasteiger partial charge on any atom is -0.481 e. The van der Waals surface area contributed by atoms with Crippen LogP contribution in [-0.2, 0) is 14.8 Å². The van der Waals surface area contributed by atoms with Gasteiger partial charge in [-0.2, -0.15) is 0 Å². The molecule has 0 aliphatic heterocycles. The zero-order chi connectivity index (χ0) is 17.2. The second-order valence-corrected chi connectivity index (χ2v) is 7.81. The van der Waals surface area contributed by atoms with Crippen molar-refractivity contribution < 1.29 is 23.1 Å². The van der Waals surface area contributed by atoms with Gasteiger partial charge in [0.2, 0.25) is 10.0 Å². The number of carbonyl (C=O) groups is 2. The Morgan fingerprint density at radius 1 is 1.26 bits per heavy atom. The largest absolute Gasteiger partial charge is 0.481 e. The third-order valence-corrected chi connectivity index (χ3v) is 5.43. The molecule has 1 aliphatic carbocycles. The SMILES string of the molecule is NS(=O)(=O)c1c(C(=O)CCC(=O)O)cccc1C1CCC(Cl)C1. The Balaban J connectivity index is 2.47. The highest BCUT2D eigenvalue weighted by Gasteiger charge is 2.31. The van der Waals surface area contributed by atoms with Crippen LogP contribution in [0.2, 0.25) is 0 Å². The molecule has 1 aromatic rings. The first kappa shape index (κ1) is 17.9. The van der Waals surface area contributed by atoms with Gasteiger partial charge in [-0.15, -0.1) is 11.6 Å². The standard InChI is InChI=1S/C15H18ClNO5S/c16-10-5-4-9(8-10)11-2-1-3-12(15(11)23(17,21)22)13(18)6-7-14(19)20/h1-3,9-10H,4-8H2,(H,19,20)(H2,17,21,22). The van der Waals surface area contributed by atoms with Crippen LogP contribution in [0.4, 0.5) is 0 Å². The number of halogens is 1. The number of alkyl halides is 1. The maximum Gasteiger partial charge on any atom is 0.303 e. The first-order valence-electron chi connectivity index (χ1n) is 7.25. The monoisotopic (exact) mass is 359 g/mol. The number of carboxylic acid groups (broad SMARTS) is 1. The highest BCUT2D eigenvalue weighted by atomic mass is 35.5. The molecule has 1 aliphatic rings. The normalized spacial score (nSPS) is 21.3. The molecule has 1 fully saturated rings. The third kappa shape index (κ3) is 4.31. The number of hydrogen-bond acceptors (Lipinski definition) is 4. The van der Waals surface area contributed by atoms with Gasteiger partial charge in [0, 0.05) is 17.4 Å². The Hall–Kier alpha value is -1.44. The molecule has 0 amide bonds. The van der Waals surface area contributed by atoms with Crippen molar-refractivity contribution in [2.75, 3.05) is 0 Å². The number of Topliss-reactive ketones (excluding diaryl/α,β-unsaturated/α-hetero) is 1. The van der Waals surface area contributed by atoms with Crippen LogP contribution >= 0.6 is 11.6 Å². The van der Waals surface area contributed by atoms with Gasteiger partial charge in [-0.1, -0.05) is 18.2 Å². The van der Waals surface area contributed by atoms with Gasteiger partial charge < -0.3 is 5.11 Å². The maximum absolute atomic E-state index is 12.2. The van der Waals surface area contributed by atoms with Gasteiger partial charge in [0.25, 0.3) is 0 Å². The van der Waals surface area contributed by atoms with Crippen LogP contribution in [0, 0.1) is 0 Å². The Morgan fingerprint density at radius 2 is 1.96 bits per heavy atom. The number of aliphatic carboxylic acids is 1. The molecule has 1 aromatic carbocycles. The molecule has 0 saturated heterocycles. The van der Waals surface area contributed by atoms with Crippen LogP contribution in [0.25, 0.3) is 0 Å². The van der Waals surface area contributed by atoms with E-state index >= 15 is 0 Å². The molecule has 2 rings (SSSR count). The van der Waals surface area contributed by atoms with E-state index in [1.54, 1.807) is 12.1 Å². The highest BCUT2D eigenvalue weighted by molar-refractivity contribution is 7.89. The van der Waals surface area contributed by atoms with Gasteiger partial charge in [-0.25, -0.2) is 13.6 Å². The van der Waals surface area contributed by atoms with Gasteiger partial charge in [-0.05, 0) is 30.7 Å². The van der Waals surface area contributed by atoms with Gasteiger partial charge in [-0.3, -0.25) is 9.59 Å². The molecule has 1 saturated carbocycles. The Kier molecular flexibility index (Phi) is 5.44. The lowest BCUT2D eigenvalue weighted by Gasteiger charge is -2.17. The number of primary sulfonamides is 1. The molecule has 126 valence electrons. The number of ketones is 1. The first-order chi connectivity index (χ1) is 10.7. The minimum atomic E-state index is -4.11. The first-order valence-corrected chi connectivity index (χ1v) is 9.23. The van der Waals surface area contributed by atoms with Crippen LogP contribution in [0.1, 0.15) is 53.9 Å². The highest BCUT2D eigenvalue weighted by Crippen LogP contribution is 2.40. The number of hydrogen-bond donors (Lipinski definition) is 2. The smallest absolute Gasteiger partial charge is 0.303 e. The molecule has 6 nitrogen and oxygen atoms in total. The van der Waals surface area contributed by atoms with Crippen LogP contribution in [0.3, 0.4) is 0 Å². The Morgan fingerprint density at radius 3 is 2.48 bits per heavy atom. The summed E-state index contributed by atoms with van der Waals surface area (Å²) in [5.41, 5.74) is 0.459. The summed E-state index contributed by atoms with van der Waals surface area (Å²) in [5.74, 6) is -1.73. The van der Waals surface area contributed by atoms with Crippen LogP contribution in [-0.4, -0.2) is 30.7 Å². The van der Waals surface area contributed by atoms with E-state index in [2.05, 4.69) is 0 Å². The molecule has 2 unspecified atom stereocenters. The number of sulfonamides is 1. The molecule has 0 heterocycles. The zero-order valence-corrected chi connectivity index (χ0v) is 13.9. The van der Waals surface area contributed by atoms with Crippen molar-refractivity contribution in [3.63, 3.8) is 0 Å².